The van der Waals surface area contributed by atoms with Crippen molar-refractivity contribution in [2.45, 2.75) is 35.6 Å². The first-order valence-electron chi connectivity index (χ1n) is 9.95. The minimum absolute atomic E-state index is 0.119. The molecular formula is C21H27N3O6S. The van der Waals surface area contributed by atoms with E-state index in [1.165, 1.54) is 43.8 Å². The first kappa shape index (κ1) is 23.1. The Bertz CT molecular complexity index is 976. The molecule has 1 saturated heterocycles. The van der Waals surface area contributed by atoms with E-state index in [1.54, 1.807) is 12.1 Å². The Morgan fingerprint density at radius 2 is 1.90 bits per heavy atom. The van der Waals surface area contributed by atoms with Crippen LogP contribution in [-0.4, -0.2) is 54.8 Å². The lowest BCUT2D eigenvalue weighted by Crippen LogP contribution is -2.64. The second-order valence-corrected chi connectivity index (χ2v) is 9.58. The van der Waals surface area contributed by atoms with Crippen molar-refractivity contribution < 1.29 is 27.9 Å². The molecule has 31 heavy (non-hydrogen) atoms. The van der Waals surface area contributed by atoms with E-state index in [0.717, 1.165) is 0 Å². The summed E-state index contributed by atoms with van der Waals surface area (Å²) < 4.78 is 37.9. The number of amides is 1. The predicted octanol–water partition coefficient (Wildman–Crippen LogP) is 1.75. The fourth-order valence-corrected chi connectivity index (χ4v) is 5.62. The summed E-state index contributed by atoms with van der Waals surface area (Å²) in [6, 6.07) is 8.91. The van der Waals surface area contributed by atoms with Gasteiger partial charge in [-0.2, -0.15) is 0 Å². The van der Waals surface area contributed by atoms with Gasteiger partial charge in [0.2, 0.25) is 14.7 Å². The van der Waals surface area contributed by atoms with Crippen LogP contribution in [0.2, 0.25) is 0 Å². The average molecular weight is 450 g/mol. The number of hydrogen-bond donors (Lipinski definition) is 2. The van der Waals surface area contributed by atoms with Gasteiger partial charge in [0.25, 0.3) is 5.91 Å². The fourth-order valence-electron chi connectivity index (χ4n) is 3.73. The van der Waals surface area contributed by atoms with E-state index in [4.69, 9.17) is 15.2 Å². The molecule has 168 valence electrons. The number of carbonyl (C=O) groups is 1. The minimum atomic E-state index is -4.37. The van der Waals surface area contributed by atoms with Gasteiger partial charge in [-0.25, -0.2) is 13.5 Å². The van der Waals surface area contributed by atoms with Gasteiger partial charge >= 0.3 is 0 Å². The summed E-state index contributed by atoms with van der Waals surface area (Å²) >= 11 is 0. The van der Waals surface area contributed by atoms with Crippen LogP contribution in [-0.2, 0) is 25.9 Å². The summed E-state index contributed by atoms with van der Waals surface area (Å²) in [5, 5.41) is 10.9. The normalized spacial score (nSPS) is 19.1. The Morgan fingerprint density at radius 3 is 2.55 bits per heavy atom. The van der Waals surface area contributed by atoms with Gasteiger partial charge in [-0.3, -0.25) is 15.0 Å². The Kier molecular flexibility index (Phi) is 7.26. The molecule has 2 aromatic rings. The van der Waals surface area contributed by atoms with Gasteiger partial charge in [0.05, 0.1) is 18.6 Å². The fraction of sp³-hybridized carbons (Fsp3) is 0.429. The highest BCUT2D eigenvalue weighted by Gasteiger charge is 2.55. The zero-order valence-corrected chi connectivity index (χ0v) is 18.1. The van der Waals surface area contributed by atoms with Gasteiger partial charge < -0.3 is 15.2 Å². The molecule has 1 unspecified atom stereocenters. The number of sulfone groups is 1. The monoisotopic (exact) mass is 449 g/mol. The van der Waals surface area contributed by atoms with Crippen molar-refractivity contribution in [1.29, 1.82) is 0 Å². The number of carbonyl (C=O) groups excluding carboxylic acids is 1. The van der Waals surface area contributed by atoms with E-state index in [0.29, 0.717) is 35.8 Å². The molecule has 1 aliphatic rings. The molecule has 1 aromatic carbocycles. The Balaban J connectivity index is 2.01. The summed E-state index contributed by atoms with van der Waals surface area (Å²) in [5.74, 6) is -1.34. The van der Waals surface area contributed by atoms with Crippen molar-refractivity contribution >= 4 is 15.7 Å². The van der Waals surface area contributed by atoms with Crippen molar-refractivity contribution in [2.24, 2.45) is 11.7 Å². The summed E-state index contributed by atoms with van der Waals surface area (Å²) in [5.41, 5.74) is 7.06. The number of nitrogens with two attached hydrogens (primary N) is 1. The molecule has 1 fully saturated rings. The summed E-state index contributed by atoms with van der Waals surface area (Å²) in [4.78, 5) is 14.8. The molecule has 0 bridgehead atoms. The molecule has 2 heterocycles. The maximum atomic E-state index is 13.7. The van der Waals surface area contributed by atoms with E-state index >= 15 is 0 Å². The van der Waals surface area contributed by atoms with E-state index in [1.807, 2.05) is 0 Å². The quantitative estimate of drug-likeness (QED) is 0.483. The SMILES string of the molecule is COc1ccc(S(=O)(=O)[C@@](N)(C(=O)N(O)Cc2ccncc2)C2CCCOCC2)cc1. The van der Waals surface area contributed by atoms with Crippen molar-refractivity contribution in [3.8, 4) is 5.75 Å². The molecule has 0 saturated carbocycles. The van der Waals surface area contributed by atoms with Crippen LogP contribution in [0, 0.1) is 5.92 Å². The standard InChI is InChI=1S/C21H27N3O6S/c1-29-18-4-6-19(7-5-18)31(27,28)21(22,17-3-2-13-30-14-10-17)20(25)24(26)15-16-8-11-23-12-9-16/h4-9,11-12,17,26H,2-3,10,13-15,22H2,1H3/t17?,21-/m1/s1. The van der Waals surface area contributed by atoms with Crippen molar-refractivity contribution in [1.82, 2.24) is 10.0 Å². The highest BCUT2D eigenvalue weighted by Crippen LogP contribution is 2.36. The first-order valence-corrected chi connectivity index (χ1v) is 11.4. The third-order valence-electron chi connectivity index (χ3n) is 5.52. The number of ether oxygens (including phenoxy) is 2. The molecule has 1 aliphatic heterocycles. The Labute approximate surface area is 181 Å². The predicted molar refractivity (Wildman–Crippen MR) is 112 cm³/mol. The minimum Gasteiger partial charge on any atom is -0.497 e. The van der Waals surface area contributed by atoms with E-state index < -0.39 is 26.5 Å². The van der Waals surface area contributed by atoms with Crippen LogP contribution in [0.25, 0.3) is 0 Å². The lowest BCUT2D eigenvalue weighted by molar-refractivity contribution is -0.173. The van der Waals surface area contributed by atoms with Crippen LogP contribution in [0.5, 0.6) is 5.75 Å². The number of pyridine rings is 1. The van der Waals surface area contributed by atoms with Gasteiger partial charge in [-0.1, -0.05) is 0 Å². The van der Waals surface area contributed by atoms with Gasteiger partial charge in [0, 0.05) is 31.5 Å². The Hall–Kier alpha value is -2.53. The van der Waals surface area contributed by atoms with Crippen molar-refractivity contribution in [3.63, 3.8) is 0 Å². The van der Waals surface area contributed by atoms with E-state index in [-0.39, 0.29) is 24.5 Å². The first-order chi connectivity index (χ1) is 14.8. The second kappa shape index (κ2) is 9.73. The molecule has 1 aromatic heterocycles. The zero-order valence-electron chi connectivity index (χ0n) is 17.3. The van der Waals surface area contributed by atoms with E-state index in [9.17, 15) is 18.4 Å². The van der Waals surface area contributed by atoms with Crippen LogP contribution >= 0.6 is 0 Å². The molecule has 9 nitrogen and oxygen atoms in total. The maximum absolute atomic E-state index is 13.7. The molecule has 1 amide bonds. The number of rotatable bonds is 7. The van der Waals surface area contributed by atoms with E-state index in [2.05, 4.69) is 4.98 Å². The lowest BCUT2D eigenvalue weighted by atomic mass is 9.91. The molecule has 0 radical (unpaired) electrons. The van der Waals surface area contributed by atoms with Crippen LogP contribution < -0.4 is 10.5 Å². The maximum Gasteiger partial charge on any atom is 0.282 e. The molecular weight excluding hydrogens is 422 g/mol. The molecule has 3 rings (SSSR count). The number of nitrogens with zero attached hydrogens (tertiary/aromatic N) is 2. The van der Waals surface area contributed by atoms with Crippen molar-refractivity contribution in [3.05, 3.63) is 54.4 Å². The number of aromatic nitrogens is 1. The van der Waals surface area contributed by atoms with Crippen molar-refractivity contribution in [2.75, 3.05) is 20.3 Å². The number of benzene rings is 1. The Morgan fingerprint density at radius 1 is 1.23 bits per heavy atom. The highest BCUT2D eigenvalue weighted by atomic mass is 32.2. The van der Waals surface area contributed by atoms with Gasteiger partial charge in [-0.15, -0.1) is 0 Å². The zero-order chi connectivity index (χ0) is 22.5. The van der Waals surface area contributed by atoms with Gasteiger partial charge in [0.1, 0.15) is 5.75 Å². The number of hydroxylamine groups is 2. The second-order valence-electron chi connectivity index (χ2n) is 7.43. The van der Waals surface area contributed by atoms with Gasteiger partial charge in [-0.05, 0) is 61.2 Å². The molecule has 10 heteroatoms. The van der Waals surface area contributed by atoms with Crippen LogP contribution in [0.3, 0.4) is 0 Å². The largest absolute Gasteiger partial charge is 0.497 e. The average Bonchev–Trinajstić information content (AvgIpc) is 3.08. The van der Waals surface area contributed by atoms with Gasteiger partial charge in [0.15, 0.2) is 0 Å². The summed E-state index contributed by atoms with van der Waals surface area (Å²) in [6.45, 7) is 0.523. The third-order valence-corrected chi connectivity index (χ3v) is 7.81. The highest BCUT2D eigenvalue weighted by molar-refractivity contribution is 7.93. The summed E-state index contributed by atoms with van der Waals surface area (Å²) in [7, 11) is -2.91. The topological polar surface area (TPSA) is 132 Å². The van der Waals surface area contributed by atoms with Crippen LogP contribution in [0.15, 0.2) is 53.7 Å². The third kappa shape index (κ3) is 4.72. The number of methoxy groups -OCH3 is 1. The molecule has 0 aliphatic carbocycles. The molecule has 2 atom stereocenters. The van der Waals surface area contributed by atoms with Crippen LogP contribution in [0.1, 0.15) is 24.8 Å². The molecule has 0 spiro atoms. The smallest absolute Gasteiger partial charge is 0.282 e. The number of hydrogen-bond acceptors (Lipinski definition) is 8. The van der Waals surface area contributed by atoms with Crippen LogP contribution in [0.4, 0.5) is 0 Å². The lowest BCUT2D eigenvalue weighted by Gasteiger charge is -2.36. The summed E-state index contributed by atoms with van der Waals surface area (Å²) in [6.07, 6.45) is 4.24. The molecule has 3 N–H and O–H groups in total.